The average Bonchev–Trinajstić information content (AvgIpc) is 2.64. The van der Waals surface area contributed by atoms with Crippen molar-refractivity contribution in [1.29, 1.82) is 0 Å². The molecule has 0 spiro atoms. The lowest BCUT2D eigenvalue weighted by Gasteiger charge is -2.17. The molecule has 7 nitrogen and oxygen atoms in total. The van der Waals surface area contributed by atoms with Crippen molar-refractivity contribution in [2.75, 3.05) is 16.6 Å². The van der Waals surface area contributed by atoms with Gasteiger partial charge in [0.2, 0.25) is 0 Å². The number of rotatable bonds is 8. The zero-order chi connectivity index (χ0) is 21.8. The van der Waals surface area contributed by atoms with E-state index in [1.807, 2.05) is 6.92 Å². The second-order valence-electron chi connectivity index (χ2n) is 6.84. The maximum atomic E-state index is 12.9. The molecule has 0 saturated carbocycles. The molecule has 158 valence electrons. The quantitative estimate of drug-likeness (QED) is 0.579. The molecule has 29 heavy (non-hydrogen) atoms. The van der Waals surface area contributed by atoms with Crippen LogP contribution in [0.1, 0.15) is 26.3 Å². The number of hydrogen-bond acceptors (Lipinski definition) is 5. The number of amides is 1. The highest BCUT2D eigenvalue weighted by atomic mass is 35.5. The Labute approximate surface area is 176 Å². The molecule has 0 bridgehead atoms. The third-order valence-corrected chi connectivity index (χ3v) is 5.95. The van der Waals surface area contributed by atoms with Gasteiger partial charge in [-0.2, -0.15) is 0 Å². The van der Waals surface area contributed by atoms with Gasteiger partial charge in [-0.1, -0.05) is 31.5 Å². The molecule has 0 heterocycles. The van der Waals surface area contributed by atoms with E-state index >= 15 is 0 Å². The molecule has 2 aromatic carbocycles. The van der Waals surface area contributed by atoms with Crippen molar-refractivity contribution in [1.82, 2.24) is 0 Å². The van der Waals surface area contributed by atoms with Gasteiger partial charge in [-0.15, -0.1) is 0 Å². The minimum Gasteiger partial charge on any atom is -0.492 e. The number of sulfonamides is 1. The van der Waals surface area contributed by atoms with Gasteiger partial charge < -0.3 is 15.2 Å². The first-order chi connectivity index (χ1) is 13.5. The standard InChI is InChI=1S/C20H25ClN2O5S/c1-5-28-17-11-14(22-20(25)19(24)12(2)3)8-9-18(17)29(26,27)23-15-7-6-13(4)16(21)10-15/h6-12,19,23-24H,5H2,1-4H3,(H,22,25)/t19-/m0/s1. The average molecular weight is 441 g/mol. The summed E-state index contributed by atoms with van der Waals surface area (Å²) in [6.07, 6.45) is -1.18. The number of aliphatic hydroxyl groups excluding tert-OH is 1. The Morgan fingerprint density at radius 2 is 1.83 bits per heavy atom. The summed E-state index contributed by atoms with van der Waals surface area (Å²) < 4.78 is 33.7. The summed E-state index contributed by atoms with van der Waals surface area (Å²) in [5, 5.41) is 12.9. The topological polar surface area (TPSA) is 105 Å². The molecule has 0 aliphatic rings. The fourth-order valence-corrected chi connectivity index (χ4v) is 3.82. The summed E-state index contributed by atoms with van der Waals surface area (Å²) in [7, 11) is -3.97. The lowest BCUT2D eigenvalue weighted by molar-refractivity contribution is -0.125. The van der Waals surface area contributed by atoms with E-state index in [0.717, 1.165) is 5.56 Å². The fourth-order valence-electron chi connectivity index (χ4n) is 2.46. The zero-order valence-corrected chi connectivity index (χ0v) is 18.3. The Morgan fingerprint density at radius 3 is 2.41 bits per heavy atom. The largest absolute Gasteiger partial charge is 0.492 e. The molecule has 0 aromatic heterocycles. The van der Waals surface area contributed by atoms with Crippen molar-refractivity contribution in [3.63, 3.8) is 0 Å². The van der Waals surface area contributed by atoms with Gasteiger partial charge in [0.15, 0.2) is 0 Å². The monoisotopic (exact) mass is 440 g/mol. The van der Waals surface area contributed by atoms with Gasteiger partial charge >= 0.3 is 0 Å². The minimum absolute atomic E-state index is 0.0787. The number of nitrogens with one attached hydrogen (secondary N) is 2. The van der Waals surface area contributed by atoms with Crippen molar-refractivity contribution in [2.45, 2.75) is 38.7 Å². The van der Waals surface area contributed by atoms with Crippen molar-refractivity contribution in [2.24, 2.45) is 5.92 Å². The molecule has 0 radical (unpaired) electrons. The van der Waals surface area contributed by atoms with E-state index in [9.17, 15) is 18.3 Å². The molecular formula is C20H25ClN2O5S. The molecule has 0 saturated heterocycles. The first kappa shape index (κ1) is 23.0. The van der Waals surface area contributed by atoms with Crippen molar-refractivity contribution in [3.8, 4) is 5.75 Å². The van der Waals surface area contributed by atoms with E-state index in [2.05, 4.69) is 10.0 Å². The summed E-state index contributed by atoms with van der Waals surface area (Å²) in [6, 6.07) is 9.02. The third kappa shape index (κ3) is 5.85. The summed E-state index contributed by atoms with van der Waals surface area (Å²) in [6.45, 7) is 7.20. The molecule has 9 heteroatoms. The number of anilines is 2. The number of ether oxygens (including phenoxy) is 1. The van der Waals surface area contributed by atoms with E-state index in [1.54, 1.807) is 32.9 Å². The van der Waals surface area contributed by atoms with Crippen LogP contribution >= 0.6 is 11.6 Å². The van der Waals surface area contributed by atoms with Gasteiger partial charge in [-0.05, 0) is 49.6 Å². The zero-order valence-electron chi connectivity index (χ0n) is 16.7. The van der Waals surface area contributed by atoms with Crippen molar-refractivity contribution < 1.29 is 23.1 Å². The second kappa shape index (κ2) is 9.47. The Morgan fingerprint density at radius 1 is 1.17 bits per heavy atom. The third-order valence-electron chi connectivity index (χ3n) is 4.12. The van der Waals surface area contributed by atoms with Gasteiger partial charge in [0.05, 0.1) is 12.3 Å². The van der Waals surface area contributed by atoms with Crippen LogP contribution in [-0.2, 0) is 14.8 Å². The van der Waals surface area contributed by atoms with Crippen LogP contribution in [-0.4, -0.2) is 32.1 Å². The maximum absolute atomic E-state index is 12.9. The minimum atomic E-state index is -3.97. The number of aryl methyl sites for hydroxylation is 1. The van der Waals surface area contributed by atoms with E-state index in [0.29, 0.717) is 16.4 Å². The Bertz CT molecular complexity index is 992. The Kier molecular flexibility index (Phi) is 7.51. The van der Waals surface area contributed by atoms with E-state index < -0.39 is 22.0 Å². The molecule has 0 fully saturated rings. The van der Waals surface area contributed by atoms with Crippen LogP contribution < -0.4 is 14.8 Å². The first-order valence-electron chi connectivity index (χ1n) is 9.10. The van der Waals surface area contributed by atoms with Gasteiger partial charge in [0.25, 0.3) is 15.9 Å². The number of halogens is 1. The van der Waals surface area contributed by atoms with Crippen LogP contribution in [0.2, 0.25) is 5.02 Å². The molecule has 2 aromatic rings. The van der Waals surface area contributed by atoms with E-state index in [1.165, 1.54) is 24.3 Å². The van der Waals surface area contributed by atoms with Crippen molar-refractivity contribution in [3.05, 3.63) is 47.0 Å². The molecular weight excluding hydrogens is 416 g/mol. The van der Waals surface area contributed by atoms with Crippen LogP contribution in [0.15, 0.2) is 41.3 Å². The Hall–Kier alpha value is -2.29. The predicted octanol–water partition coefficient (Wildman–Crippen LogP) is 3.80. The second-order valence-corrected chi connectivity index (χ2v) is 8.90. The number of hydrogen-bond donors (Lipinski definition) is 3. The number of carbonyl (C=O) groups is 1. The fraction of sp³-hybridized carbons (Fsp3) is 0.350. The van der Waals surface area contributed by atoms with Gasteiger partial charge in [-0.3, -0.25) is 9.52 Å². The molecule has 0 aliphatic carbocycles. The Balaban J connectivity index is 2.33. The lowest BCUT2D eigenvalue weighted by atomic mass is 10.1. The van der Waals surface area contributed by atoms with Crippen LogP contribution in [0.25, 0.3) is 0 Å². The summed E-state index contributed by atoms with van der Waals surface area (Å²) in [5.74, 6) is -0.757. The smallest absolute Gasteiger partial charge is 0.265 e. The molecule has 1 atom stereocenters. The summed E-state index contributed by atoms with van der Waals surface area (Å²) in [4.78, 5) is 12.0. The van der Waals surface area contributed by atoms with Gasteiger partial charge in [0.1, 0.15) is 16.7 Å². The molecule has 0 aliphatic heterocycles. The summed E-state index contributed by atoms with van der Waals surface area (Å²) >= 11 is 6.07. The summed E-state index contributed by atoms with van der Waals surface area (Å²) in [5.41, 5.74) is 1.46. The van der Waals surface area contributed by atoms with Crippen LogP contribution in [0, 0.1) is 12.8 Å². The molecule has 1 amide bonds. The highest BCUT2D eigenvalue weighted by Crippen LogP contribution is 2.30. The van der Waals surface area contributed by atoms with Crippen molar-refractivity contribution >= 4 is 38.9 Å². The van der Waals surface area contributed by atoms with Gasteiger partial charge in [0, 0.05) is 16.8 Å². The van der Waals surface area contributed by atoms with Crippen LogP contribution in [0.3, 0.4) is 0 Å². The predicted molar refractivity (Wildman–Crippen MR) is 114 cm³/mol. The number of aliphatic hydroxyl groups is 1. The van der Waals surface area contributed by atoms with Gasteiger partial charge in [-0.25, -0.2) is 8.42 Å². The van der Waals surface area contributed by atoms with Crippen LogP contribution in [0.5, 0.6) is 5.75 Å². The van der Waals surface area contributed by atoms with E-state index in [-0.39, 0.29) is 23.2 Å². The lowest BCUT2D eigenvalue weighted by Crippen LogP contribution is -2.31. The van der Waals surface area contributed by atoms with Crippen LogP contribution in [0.4, 0.5) is 11.4 Å². The maximum Gasteiger partial charge on any atom is 0.265 e. The number of carbonyl (C=O) groups excluding carboxylic acids is 1. The highest BCUT2D eigenvalue weighted by Gasteiger charge is 2.23. The molecule has 2 rings (SSSR count). The van der Waals surface area contributed by atoms with E-state index in [4.69, 9.17) is 16.3 Å². The highest BCUT2D eigenvalue weighted by molar-refractivity contribution is 7.92. The number of benzene rings is 2. The SMILES string of the molecule is CCOc1cc(NC(=O)[C@@H](O)C(C)C)ccc1S(=O)(=O)Nc1ccc(C)c(Cl)c1. The normalized spacial score (nSPS) is 12.5. The first-order valence-corrected chi connectivity index (χ1v) is 11.0. The molecule has 0 unspecified atom stereocenters. The molecule has 3 N–H and O–H groups in total.